The number of phenols is 2. The van der Waals surface area contributed by atoms with Crippen molar-refractivity contribution in [2.75, 3.05) is 5.32 Å². The summed E-state index contributed by atoms with van der Waals surface area (Å²) in [6.07, 6.45) is 0. The summed E-state index contributed by atoms with van der Waals surface area (Å²) in [5.41, 5.74) is 1.06. The Morgan fingerprint density at radius 3 is 2.37 bits per heavy atom. The minimum atomic E-state index is -0.498. The second kappa shape index (κ2) is 5.10. The zero-order valence-electron chi connectivity index (χ0n) is 9.79. The van der Waals surface area contributed by atoms with Gasteiger partial charge in [-0.2, -0.15) is 5.26 Å². The Morgan fingerprint density at radius 2 is 1.79 bits per heavy atom. The summed E-state index contributed by atoms with van der Waals surface area (Å²) in [5.74, 6) is -0.916. The second-order valence-electron chi connectivity index (χ2n) is 3.84. The van der Waals surface area contributed by atoms with Crippen molar-refractivity contribution in [3.8, 4) is 17.6 Å². The molecule has 2 aromatic rings. The highest BCUT2D eigenvalue weighted by atomic mass is 16.3. The monoisotopic (exact) mass is 254 g/mol. The number of amides is 1. The number of nitriles is 1. The van der Waals surface area contributed by atoms with Crippen molar-refractivity contribution in [1.82, 2.24) is 0 Å². The Labute approximate surface area is 109 Å². The Kier molecular flexibility index (Phi) is 3.35. The number of anilines is 1. The van der Waals surface area contributed by atoms with Crippen LogP contribution >= 0.6 is 0 Å². The lowest BCUT2D eigenvalue weighted by Gasteiger charge is -2.07. The number of benzene rings is 2. The first-order valence-corrected chi connectivity index (χ1v) is 5.43. The number of carbonyl (C=O) groups is 1. The fraction of sp³-hybridized carbons (Fsp3) is 0. The Morgan fingerprint density at radius 1 is 1.11 bits per heavy atom. The summed E-state index contributed by atoms with van der Waals surface area (Å²) in [6, 6.07) is 12.0. The Bertz CT molecular complexity index is 657. The first kappa shape index (κ1) is 12.5. The van der Waals surface area contributed by atoms with E-state index in [0.717, 1.165) is 6.07 Å². The molecule has 0 saturated carbocycles. The fourth-order valence-electron chi connectivity index (χ4n) is 1.54. The molecule has 0 fully saturated rings. The summed E-state index contributed by atoms with van der Waals surface area (Å²) in [6.45, 7) is 0. The number of rotatable bonds is 2. The molecule has 94 valence electrons. The van der Waals surface area contributed by atoms with E-state index in [0.29, 0.717) is 11.3 Å². The van der Waals surface area contributed by atoms with Gasteiger partial charge in [0.1, 0.15) is 11.5 Å². The van der Waals surface area contributed by atoms with E-state index < -0.39 is 5.91 Å². The lowest BCUT2D eigenvalue weighted by atomic mass is 10.1. The van der Waals surface area contributed by atoms with Gasteiger partial charge in [-0.1, -0.05) is 0 Å². The first-order valence-electron chi connectivity index (χ1n) is 5.43. The number of hydrogen-bond donors (Lipinski definition) is 3. The van der Waals surface area contributed by atoms with Crippen LogP contribution in [0.1, 0.15) is 15.9 Å². The summed E-state index contributed by atoms with van der Waals surface area (Å²) in [7, 11) is 0. The van der Waals surface area contributed by atoms with Crippen LogP contribution in [0.5, 0.6) is 11.5 Å². The average Bonchev–Trinajstić information content (AvgIpc) is 2.39. The quantitative estimate of drug-likeness (QED) is 0.766. The highest BCUT2D eigenvalue weighted by Gasteiger charge is 2.11. The standard InChI is InChI=1S/C14H10N2O3/c15-8-9-1-3-10(4-2-9)16-14(19)12-6-5-11(17)7-13(12)18/h1-7,17-18H,(H,16,19). The SMILES string of the molecule is N#Cc1ccc(NC(=O)c2ccc(O)cc2O)cc1. The molecule has 5 nitrogen and oxygen atoms in total. The topological polar surface area (TPSA) is 93.4 Å². The van der Waals surface area contributed by atoms with Crippen LogP contribution in [0, 0.1) is 11.3 Å². The summed E-state index contributed by atoms with van der Waals surface area (Å²) >= 11 is 0. The van der Waals surface area contributed by atoms with E-state index in [4.69, 9.17) is 10.4 Å². The molecule has 0 unspecified atom stereocenters. The third kappa shape index (κ3) is 2.82. The minimum absolute atomic E-state index is 0.0576. The molecule has 2 aromatic carbocycles. The van der Waals surface area contributed by atoms with Gasteiger partial charge in [-0.3, -0.25) is 4.79 Å². The number of nitrogens with one attached hydrogen (secondary N) is 1. The van der Waals surface area contributed by atoms with Crippen molar-refractivity contribution in [3.05, 3.63) is 53.6 Å². The third-order valence-electron chi connectivity index (χ3n) is 2.50. The van der Waals surface area contributed by atoms with Gasteiger partial charge in [0, 0.05) is 11.8 Å². The third-order valence-corrected chi connectivity index (χ3v) is 2.50. The van der Waals surface area contributed by atoms with E-state index >= 15 is 0 Å². The van der Waals surface area contributed by atoms with Crippen LogP contribution in [0.2, 0.25) is 0 Å². The van der Waals surface area contributed by atoms with Gasteiger partial charge in [0.25, 0.3) is 5.91 Å². The number of phenolic OH excluding ortho intramolecular Hbond substituents is 2. The fourth-order valence-corrected chi connectivity index (χ4v) is 1.54. The summed E-state index contributed by atoms with van der Waals surface area (Å²) < 4.78 is 0. The molecule has 0 aliphatic carbocycles. The normalized spacial score (nSPS) is 9.63. The van der Waals surface area contributed by atoms with Gasteiger partial charge in [0.05, 0.1) is 17.2 Å². The molecule has 0 aliphatic rings. The van der Waals surface area contributed by atoms with E-state index in [1.165, 1.54) is 12.1 Å². The van der Waals surface area contributed by atoms with E-state index in [2.05, 4.69) is 5.32 Å². The van der Waals surface area contributed by atoms with Crippen LogP contribution in [-0.2, 0) is 0 Å². The minimum Gasteiger partial charge on any atom is -0.508 e. The van der Waals surface area contributed by atoms with Crippen LogP contribution in [0.25, 0.3) is 0 Å². The van der Waals surface area contributed by atoms with Gasteiger partial charge in [-0.05, 0) is 36.4 Å². The van der Waals surface area contributed by atoms with Crippen LogP contribution in [0.3, 0.4) is 0 Å². The molecule has 5 heteroatoms. The Hall–Kier alpha value is -3.00. The highest BCUT2D eigenvalue weighted by Crippen LogP contribution is 2.23. The highest BCUT2D eigenvalue weighted by molar-refractivity contribution is 6.06. The van der Waals surface area contributed by atoms with Gasteiger partial charge in [-0.15, -0.1) is 0 Å². The molecular formula is C14H10N2O3. The van der Waals surface area contributed by atoms with Gasteiger partial charge in [0.2, 0.25) is 0 Å². The van der Waals surface area contributed by atoms with E-state index in [1.807, 2.05) is 6.07 Å². The van der Waals surface area contributed by atoms with E-state index in [9.17, 15) is 9.90 Å². The van der Waals surface area contributed by atoms with Gasteiger partial charge < -0.3 is 15.5 Å². The number of nitrogens with zero attached hydrogens (tertiary/aromatic N) is 1. The first-order chi connectivity index (χ1) is 9.10. The maximum absolute atomic E-state index is 11.9. The van der Waals surface area contributed by atoms with Crippen LogP contribution in [0.15, 0.2) is 42.5 Å². The maximum atomic E-state index is 11.9. The molecule has 0 saturated heterocycles. The molecule has 0 heterocycles. The van der Waals surface area contributed by atoms with Crippen molar-refractivity contribution in [2.45, 2.75) is 0 Å². The summed E-state index contributed by atoms with van der Waals surface area (Å²) in [4.78, 5) is 11.9. The number of aromatic hydroxyl groups is 2. The van der Waals surface area contributed by atoms with Crippen molar-refractivity contribution >= 4 is 11.6 Å². The molecule has 0 aliphatic heterocycles. The smallest absolute Gasteiger partial charge is 0.259 e. The molecule has 0 spiro atoms. The van der Waals surface area contributed by atoms with Crippen LogP contribution in [0.4, 0.5) is 5.69 Å². The van der Waals surface area contributed by atoms with Crippen molar-refractivity contribution in [2.24, 2.45) is 0 Å². The van der Waals surface area contributed by atoms with E-state index in [-0.39, 0.29) is 17.1 Å². The molecule has 0 atom stereocenters. The Balaban J connectivity index is 2.18. The lowest BCUT2D eigenvalue weighted by molar-refractivity contribution is 0.102. The molecule has 0 radical (unpaired) electrons. The molecule has 1 amide bonds. The van der Waals surface area contributed by atoms with Crippen LogP contribution < -0.4 is 5.32 Å². The molecule has 2 rings (SSSR count). The average molecular weight is 254 g/mol. The van der Waals surface area contributed by atoms with Crippen molar-refractivity contribution in [1.29, 1.82) is 5.26 Å². The number of hydrogen-bond acceptors (Lipinski definition) is 4. The molecular weight excluding hydrogens is 244 g/mol. The second-order valence-corrected chi connectivity index (χ2v) is 3.84. The van der Waals surface area contributed by atoms with Crippen molar-refractivity contribution in [3.63, 3.8) is 0 Å². The van der Waals surface area contributed by atoms with Crippen LogP contribution in [-0.4, -0.2) is 16.1 Å². The molecule has 0 aromatic heterocycles. The predicted octanol–water partition coefficient (Wildman–Crippen LogP) is 2.22. The largest absolute Gasteiger partial charge is 0.508 e. The van der Waals surface area contributed by atoms with Gasteiger partial charge in [-0.25, -0.2) is 0 Å². The van der Waals surface area contributed by atoms with Crippen molar-refractivity contribution < 1.29 is 15.0 Å². The molecule has 0 bridgehead atoms. The zero-order valence-corrected chi connectivity index (χ0v) is 9.79. The lowest BCUT2D eigenvalue weighted by Crippen LogP contribution is -2.11. The maximum Gasteiger partial charge on any atom is 0.259 e. The summed E-state index contributed by atoms with van der Waals surface area (Å²) in [5, 5.41) is 29.9. The molecule has 19 heavy (non-hydrogen) atoms. The van der Waals surface area contributed by atoms with Gasteiger partial charge >= 0.3 is 0 Å². The van der Waals surface area contributed by atoms with Gasteiger partial charge in [0.15, 0.2) is 0 Å². The number of carbonyl (C=O) groups excluding carboxylic acids is 1. The molecule has 3 N–H and O–H groups in total. The zero-order chi connectivity index (χ0) is 13.8. The predicted molar refractivity (Wildman–Crippen MR) is 68.9 cm³/mol. The van der Waals surface area contributed by atoms with E-state index in [1.54, 1.807) is 24.3 Å².